The van der Waals surface area contributed by atoms with Gasteiger partial charge in [-0.2, -0.15) is 5.10 Å². The molecule has 0 aliphatic rings. The Morgan fingerprint density at radius 1 is 1.14 bits per heavy atom. The molecule has 22 heavy (non-hydrogen) atoms. The van der Waals surface area contributed by atoms with Crippen LogP contribution in [0.4, 0.5) is 10.1 Å². The van der Waals surface area contributed by atoms with Crippen LogP contribution in [0.5, 0.6) is 0 Å². The maximum Gasteiger partial charge on any atom is 0.211 e. The van der Waals surface area contributed by atoms with Gasteiger partial charge < -0.3 is 0 Å². The molecule has 1 aromatic carbocycles. The molecule has 3 rings (SSSR count). The van der Waals surface area contributed by atoms with Crippen molar-refractivity contribution in [2.24, 2.45) is 10.1 Å². The molecule has 0 aliphatic carbocycles. The Bertz CT molecular complexity index is 848. The van der Waals surface area contributed by atoms with Crippen LogP contribution in [0, 0.1) is 12.7 Å². The lowest BCUT2D eigenvalue weighted by Gasteiger charge is -1.98. The summed E-state index contributed by atoms with van der Waals surface area (Å²) in [5, 5.41) is 6.43. The Morgan fingerprint density at radius 2 is 1.86 bits per heavy atom. The fourth-order valence-electron chi connectivity index (χ4n) is 1.80. The van der Waals surface area contributed by atoms with Gasteiger partial charge >= 0.3 is 0 Å². The number of thiazole rings is 1. The van der Waals surface area contributed by atoms with Gasteiger partial charge in [0.05, 0.1) is 17.6 Å². The second-order valence-electron chi connectivity index (χ2n) is 4.58. The van der Waals surface area contributed by atoms with Crippen LogP contribution in [0.15, 0.2) is 64.3 Å². The van der Waals surface area contributed by atoms with Crippen LogP contribution in [0.1, 0.15) is 11.3 Å². The first-order valence-electron chi connectivity index (χ1n) is 6.64. The second kappa shape index (κ2) is 6.44. The first-order valence-corrected chi connectivity index (χ1v) is 7.52. The van der Waals surface area contributed by atoms with Gasteiger partial charge in [-0.3, -0.25) is 4.98 Å². The van der Waals surface area contributed by atoms with Gasteiger partial charge in [-0.05, 0) is 48.9 Å². The minimum absolute atomic E-state index is 0.273. The van der Waals surface area contributed by atoms with Crippen molar-refractivity contribution in [2.45, 2.75) is 6.92 Å². The summed E-state index contributed by atoms with van der Waals surface area (Å²) >= 11 is 1.49. The van der Waals surface area contributed by atoms with Crippen molar-refractivity contribution in [3.8, 4) is 0 Å². The molecule has 0 saturated carbocycles. The number of benzene rings is 1. The summed E-state index contributed by atoms with van der Waals surface area (Å²) in [5.74, 6) is -0.273. The van der Waals surface area contributed by atoms with E-state index in [1.165, 1.54) is 23.5 Å². The van der Waals surface area contributed by atoms with Crippen molar-refractivity contribution >= 4 is 23.2 Å². The molecular weight excluding hydrogens is 299 g/mol. The fourth-order valence-corrected chi connectivity index (χ4v) is 2.63. The number of pyridine rings is 1. The third-order valence-electron chi connectivity index (χ3n) is 2.93. The van der Waals surface area contributed by atoms with E-state index in [-0.39, 0.29) is 5.82 Å². The molecule has 0 radical (unpaired) electrons. The van der Waals surface area contributed by atoms with Crippen LogP contribution in [0.3, 0.4) is 0 Å². The topological polar surface area (TPSA) is 42.5 Å². The van der Waals surface area contributed by atoms with Crippen molar-refractivity contribution in [1.29, 1.82) is 0 Å². The molecule has 0 spiro atoms. The molecule has 2 aromatic heterocycles. The molecule has 4 nitrogen and oxygen atoms in total. The molecule has 0 N–H and O–H groups in total. The van der Waals surface area contributed by atoms with Crippen LogP contribution in [0.25, 0.3) is 0 Å². The molecule has 0 unspecified atom stereocenters. The van der Waals surface area contributed by atoms with Gasteiger partial charge in [0.15, 0.2) is 0 Å². The first-order chi connectivity index (χ1) is 10.7. The molecule has 0 bridgehead atoms. The standard InChI is InChI=1S/C16H13FN4S/c1-12-11-22-16(20-15-4-2-14(17)3-5-15)21(12)19-10-13-6-8-18-9-7-13/h2-11H,1H3. The van der Waals surface area contributed by atoms with Crippen LogP contribution in [-0.4, -0.2) is 15.9 Å². The maximum absolute atomic E-state index is 12.9. The summed E-state index contributed by atoms with van der Waals surface area (Å²) in [5.41, 5.74) is 2.63. The van der Waals surface area contributed by atoms with Gasteiger partial charge in [0.1, 0.15) is 5.82 Å². The molecule has 0 fully saturated rings. The van der Waals surface area contributed by atoms with Gasteiger partial charge in [-0.15, -0.1) is 11.3 Å². The minimum atomic E-state index is -0.273. The Kier molecular flexibility index (Phi) is 4.20. The number of aromatic nitrogens is 2. The van der Waals surface area contributed by atoms with E-state index in [2.05, 4.69) is 15.1 Å². The third-order valence-corrected chi connectivity index (χ3v) is 3.86. The highest BCUT2D eigenvalue weighted by atomic mass is 32.1. The van der Waals surface area contributed by atoms with Gasteiger partial charge in [0.25, 0.3) is 0 Å². The van der Waals surface area contributed by atoms with Crippen LogP contribution in [-0.2, 0) is 0 Å². The lowest BCUT2D eigenvalue weighted by atomic mass is 10.3. The first kappa shape index (κ1) is 14.3. The zero-order valence-corrected chi connectivity index (χ0v) is 12.7. The summed E-state index contributed by atoms with van der Waals surface area (Å²) in [6.07, 6.45) is 5.19. The SMILES string of the molecule is Cc1csc(=Nc2ccc(F)cc2)n1N=Cc1ccncc1. The fraction of sp³-hybridized carbons (Fsp3) is 0.0625. The monoisotopic (exact) mass is 312 g/mol. The molecule has 0 amide bonds. The zero-order valence-electron chi connectivity index (χ0n) is 11.8. The van der Waals surface area contributed by atoms with E-state index in [1.54, 1.807) is 35.4 Å². The Balaban J connectivity index is 1.97. The van der Waals surface area contributed by atoms with E-state index < -0.39 is 0 Å². The minimum Gasteiger partial charge on any atom is -0.265 e. The molecule has 110 valence electrons. The second-order valence-corrected chi connectivity index (χ2v) is 5.42. The average Bonchev–Trinajstić information content (AvgIpc) is 2.89. The predicted molar refractivity (Wildman–Crippen MR) is 85.9 cm³/mol. The van der Waals surface area contributed by atoms with E-state index in [1.807, 2.05) is 24.4 Å². The highest BCUT2D eigenvalue weighted by Gasteiger charge is 2.00. The van der Waals surface area contributed by atoms with Crippen molar-refractivity contribution in [3.05, 3.63) is 76.0 Å². The quantitative estimate of drug-likeness (QED) is 0.682. The number of aryl methyl sites for hydroxylation is 1. The van der Waals surface area contributed by atoms with Gasteiger partial charge in [-0.1, -0.05) is 0 Å². The molecule has 6 heteroatoms. The van der Waals surface area contributed by atoms with Crippen molar-refractivity contribution < 1.29 is 4.39 Å². The number of rotatable bonds is 3. The van der Waals surface area contributed by atoms with E-state index >= 15 is 0 Å². The molecular formula is C16H13FN4S. The van der Waals surface area contributed by atoms with Crippen molar-refractivity contribution in [3.63, 3.8) is 0 Å². The number of nitrogens with zero attached hydrogens (tertiary/aromatic N) is 4. The van der Waals surface area contributed by atoms with Crippen LogP contribution < -0.4 is 4.80 Å². The average molecular weight is 312 g/mol. The molecule has 3 aromatic rings. The van der Waals surface area contributed by atoms with E-state index in [9.17, 15) is 4.39 Å². The Labute approximate surface area is 130 Å². The van der Waals surface area contributed by atoms with Gasteiger partial charge in [-0.25, -0.2) is 14.1 Å². The van der Waals surface area contributed by atoms with E-state index in [4.69, 9.17) is 0 Å². The summed E-state index contributed by atoms with van der Waals surface area (Å²) in [6.45, 7) is 1.96. The summed E-state index contributed by atoms with van der Waals surface area (Å²) < 4.78 is 14.7. The highest BCUT2D eigenvalue weighted by Crippen LogP contribution is 2.12. The molecule has 0 atom stereocenters. The zero-order chi connectivity index (χ0) is 15.4. The molecule has 0 saturated heterocycles. The van der Waals surface area contributed by atoms with Crippen LogP contribution >= 0.6 is 11.3 Å². The van der Waals surface area contributed by atoms with E-state index in [0.717, 1.165) is 16.1 Å². The molecule has 0 aliphatic heterocycles. The largest absolute Gasteiger partial charge is 0.265 e. The molecule has 2 heterocycles. The summed E-state index contributed by atoms with van der Waals surface area (Å²) in [4.78, 5) is 9.21. The summed E-state index contributed by atoms with van der Waals surface area (Å²) in [6, 6.07) is 9.82. The Hall–Kier alpha value is -2.60. The van der Waals surface area contributed by atoms with Crippen LogP contribution in [0.2, 0.25) is 0 Å². The van der Waals surface area contributed by atoms with Gasteiger partial charge in [0.2, 0.25) is 4.80 Å². The predicted octanol–water partition coefficient (Wildman–Crippen LogP) is 3.51. The normalized spacial score (nSPS) is 12.2. The highest BCUT2D eigenvalue weighted by molar-refractivity contribution is 7.07. The Morgan fingerprint density at radius 3 is 2.59 bits per heavy atom. The lowest BCUT2D eigenvalue weighted by Crippen LogP contribution is -2.11. The summed E-state index contributed by atoms with van der Waals surface area (Å²) in [7, 11) is 0. The number of halogens is 1. The number of hydrogen-bond acceptors (Lipinski definition) is 4. The lowest BCUT2D eigenvalue weighted by molar-refractivity contribution is 0.628. The third kappa shape index (κ3) is 3.35. The number of hydrogen-bond donors (Lipinski definition) is 0. The van der Waals surface area contributed by atoms with Gasteiger partial charge in [0, 0.05) is 17.8 Å². The smallest absolute Gasteiger partial charge is 0.211 e. The maximum atomic E-state index is 12.9. The van der Waals surface area contributed by atoms with E-state index in [0.29, 0.717) is 5.69 Å². The van der Waals surface area contributed by atoms with Crippen molar-refractivity contribution in [1.82, 2.24) is 9.66 Å². The van der Waals surface area contributed by atoms with Crippen molar-refractivity contribution in [2.75, 3.05) is 0 Å².